The zero-order valence-corrected chi connectivity index (χ0v) is 6.74. The van der Waals surface area contributed by atoms with Gasteiger partial charge in [-0.1, -0.05) is 17.7 Å². The van der Waals surface area contributed by atoms with Crippen LogP contribution in [0.1, 0.15) is 11.1 Å². The summed E-state index contributed by atoms with van der Waals surface area (Å²) in [6, 6.07) is 3.58. The van der Waals surface area contributed by atoms with Crippen LogP contribution in [-0.4, -0.2) is 34.7 Å². The fraction of sp³-hybridized carbons (Fsp3) is 0.250. The molecular formula is C8H10ClNaO. The van der Waals surface area contributed by atoms with Crippen LogP contribution in [0.3, 0.4) is 0 Å². The number of halogens is 1. The first kappa shape index (κ1) is 11.3. The van der Waals surface area contributed by atoms with E-state index in [9.17, 15) is 5.11 Å². The Kier molecular flexibility index (Phi) is 4.49. The number of aryl methyl sites for hydroxylation is 1. The van der Waals surface area contributed by atoms with E-state index in [1.54, 1.807) is 19.1 Å². The topological polar surface area (TPSA) is 20.2 Å². The van der Waals surface area contributed by atoms with Gasteiger partial charge < -0.3 is 5.11 Å². The Morgan fingerprint density at radius 3 is 2.27 bits per heavy atom. The van der Waals surface area contributed by atoms with Crippen LogP contribution in [0.4, 0.5) is 0 Å². The normalized spacial score (nSPS) is 9.00. The average molecular weight is 181 g/mol. The number of hydrogen-bond donors (Lipinski definition) is 1. The summed E-state index contributed by atoms with van der Waals surface area (Å²) < 4.78 is 0. The van der Waals surface area contributed by atoms with E-state index in [-0.39, 0.29) is 29.6 Å². The van der Waals surface area contributed by atoms with Gasteiger partial charge in [-0.25, -0.2) is 0 Å². The Labute approximate surface area is 93.7 Å². The van der Waals surface area contributed by atoms with Gasteiger partial charge in [0.15, 0.2) is 0 Å². The maximum absolute atomic E-state index is 9.30. The fourth-order valence-corrected chi connectivity index (χ4v) is 0.963. The van der Waals surface area contributed by atoms with Crippen LogP contribution in [0.2, 0.25) is 5.02 Å². The van der Waals surface area contributed by atoms with Crippen molar-refractivity contribution in [2.75, 3.05) is 0 Å². The third kappa shape index (κ3) is 2.38. The first-order chi connectivity index (χ1) is 4.63. The summed E-state index contributed by atoms with van der Waals surface area (Å²) in [7, 11) is 0. The molecule has 0 heterocycles. The van der Waals surface area contributed by atoms with Crippen LogP contribution in [0.25, 0.3) is 0 Å². The van der Waals surface area contributed by atoms with Crippen LogP contribution < -0.4 is 0 Å². The standard InChI is InChI=1S/C8H9ClO.Na.H/c1-5-3-4-7(9)6(2)8(5)10;;/h3-4,10H,1-2H3;;. The van der Waals surface area contributed by atoms with Crippen molar-refractivity contribution in [1.29, 1.82) is 0 Å². The van der Waals surface area contributed by atoms with E-state index in [0.717, 1.165) is 11.1 Å². The van der Waals surface area contributed by atoms with E-state index >= 15 is 0 Å². The Hall–Kier alpha value is 0.310. The summed E-state index contributed by atoms with van der Waals surface area (Å²) in [5.74, 6) is 0.299. The van der Waals surface area contributed by atoms with Crippen LogP contribution in [0.15, 0.2) is 12.1 Å². The predicted octanol–water partition coefficient (Wildman–Crippen LogP) is 2.01. The van der Waals surface area contributed by atoms with Crippen molar-refractivity contribution in [1.82, 2.24) is 0 Å². The molecule has 1 N–H and O–H groups in total. The van der Waals surface area contributed by atoms with E-state index in [1.807, 2.05) is 6.92 Å². The molecular weight excluding hydrogens is 171 g/mol. The van der Waals surface area contributed by atoms with Gasteiger partial charge in [0.1, 0.15) is 5.75 Å². The number of aromatic hydroxyl groups is 1. The summed E-state index contributed by atoms with van der Waals surface area (Å²) in [4.78, 5) is 0. The van der Waals surface area contributed by atoms with Gasteiger partial charge in [-0.2, -0.15) is 0 Å². The molecule has 11 heavy (non-hydrogen) atoms. The third-order valence-corrected chi connectivity index (χ3v) is 1.98. The van der Waals surface area contributed by atoms with Crippen molar-refractivity contribution in [3.8, 4) is 5.75 Å². The van der Waals surface area contributed by atoms with E-state index in [1.165, 1.54) is 0 Å². The van der Waals surface area contributed by atoms with Gasteiger partial charge in [-0.05, 0) is 25.5 Å². The van der Waals surface area contributed by atoms with Gasteiger partial charge in [-0.15, -0.1) is 0 Å². The summed E-state index contributed by atoms with van der Waals surface area (Å²) in [6.07, 6.45) is 0. The molecule has 0 atom stereocenters. The number of phenols is 1. The van der Waals surface area contributed by atoms with E-state index < -0.39 is 0 Å². The molecule has 0 aliphatic rings. The van der Waals surface area contributed by atoms with Gasteiger partial charge in [0.2, 0.25) is 0 Å². The molecule has 0 fully saturated rings. The summed E-state index contributed by atoms with van der Waals surface area (Å²) in [6.45, 7) is 3.64. The van der Waals surface area contributed by atoms with Crippen molar-refractivity contribution in [2.45, 2.75) is 13.8 Å². The molecule has 0 amide bonds. The number of benzene rings is 1. The fourth-order valence-electron chi connectivity index (χ4n) is 0.811. The first-order valence-electron chi connectivity index (χ1n) is 3.07. The second-order valence-electron chi connectivity index (χ2n) is 2.34. The maximum atomic E-state index is 9.30. The van der Waals surface area contributed by atoms with Crippen molar-refractivity contribution in [3.63, 3.8) is 0 Å². The van der Waals surface area contributed by atoms with Crippen molar-refractivity contribution in [2.24, 2.45) is 0 Å². The minimum atomic E-state index is 0. The van der Waals surface area contributed by atoms with Crippen molar-refractivity contribution in [3.05, 3.63) is 28.3 Å². The molecule has 3 heteroatoms. The van der Waals surface area contributed by atoms with Gasteiger partial charge in [0, 0.05) is 10.6 Å². The molecule has 0 bridgehead atoms. The van der Waals surface area contributed by atoms with Gasteiger partial charge in [-0.3, -0.25) is 0 Å². The second-order valence-corrected chi connectivity index (χ2v) is 2.75. The molecule has 0 aliphatic carbocycles. The Morgan fingerprint density at radius 2 is 1.82 bits per heavy atom. The number of phenolic OH excluding ortho intramolecular Hbond substituents is 1. The second kappa shape index (κ2) is 4.36. The van der Waals surface area contributed by atoms with Crippen LogP contribution in [0, 0.1) is 13.8 Å². The van der Waals surface area contributed by atoms with Crippen molar-refractivity contribution < 1.29 is 5.11 Å². The molecule has 1 aromatic carbocycles. The predicted molar refractivity (Wildman–Crippen MR) is 49.7 cm³/mol. The van der Waals surface area contributed by atoms with Crippen molar-refractivity contribution >= 4 is 41.2 Å². The molecule has 1 nitrogen and oxygen atoms in total. The first-order valence-corrected chi connectivity index (χ1v) is 3.45. The number of hydrogen-bond acceptors (Lipinski definition) is 1. The summed E-state index contributed by atoms with van der Waals surface area (Å²) >= 11 is 5.73. The monoisotopic (exact) mass is 180 g/mol. The van der Waals surface area contributed by atoms with E-state index in [4.69, 9.17) is 11.6 Å². The number of rotatable bonds is 0. The van der Waals surface area contributed by atoms with Crippen LogP contribution in [0.5, 0.6) is 5.75 Å². The molecule has 0 radical (unpaired) electrons. The Balaban J connectivity index is 0.000001000. The Morgan fingerprint density at radius 1 is 1.27 bits per heavy atom. The third-order valence-electron chi connectivity index (χ3n) is 1.57. The molecule has 0 saturated carbocycles. The molecule has 0 spiro atoms. The summed E-state index contributed by atoms with van der Waals surface area (Å²) in [5, 5.41) is 9.92. The molecule has 0 aliphatic heterocycles. The zero-order valence-electron chi connectivity index (χ0n) is 5.98. The molecule has 1 aromatic rings. The van der Waals surface area contributed by atoms with Gasteiger partial charge in [0.05, 0.1) is 0 Å². The van der Waals surface area contributed by atoms with Gasteiger partial charge in [0.25, 0.3) is 0 Å². The van der Waals surface area contributed by atoms with Crippen LogP contribution >= 0.6 is 11.6 Å². The van der Waals surface area contributed by atoms with E-state index in [2.05, 4.69) is 0 Å². The zero-order chi connectivity index (χ0) is 7.72. The molecule has 1 rings (SSSR count). The van der Waals surface area contributed by atoms with Gasteiger partial charge >= 0.3 is 29.6 Å². The SMILES string of the molecule is Cc1ccc(Cl)c(C)c1O.[NaH]. The summed E-state index contributed by atoms with van der Waals surface area (Å²) in [5.41, 5.74) is 1.61. The quantitative estimate of drug-likeness (QED) is 0.606. The Bertz CT molecular complexity index is 234. The molecule has 0 unspecified atom stereocenters. The average Bonchev–Trinajstić information content (AvgIpc) is 1.93. The molecule has 0 aromatic heterocycles. The van der Waals surface area contributed by atoms with Crippen LogP contribution in [-0.2, 0) is 0 Å². The minimum absolute atomic E-state index is 0. The molecule has 56 valence electrons. The van der Waals surface area contributed by atoms with E-state index in [0.29, 0.717) is 10.8 Å². The molecule has 0 saturated heterocycles.